The van der Waals surface area contributed by atoms with Crippen LogP contribution in [0.3, 0.4) is 0 Å². The van der Waals surface area contributed by atoms with Gasteiger partial charge in [0.25, 0.3) is 0 Å². The zero-order valence-corrected chi connectivity index (χ0v) is 9.42. The molecule has 0 unspecified atom stereocenters. The van der Waals surface area contributed by atoms with Crippen molar-refractivity contribution in [3.05, 3.63) is 0 Å². The second-order valence-corrected chi connectivity index (χ2v) is 5.48. The molecule has 3 heteroatoms. The Morgan fingerprint density at radius 1 is 1.20 bits per heavy atom. The summed E-state index contributed by atoms with van der Waals surface area (Å²) in [5, 5.41) is 0. The third-order valence-electron chi connectivity index (χ3n) is 4.44. The van der Waals surface area contributed by atoms with Crippen LogP contribution in [0, 0.1) is 0 Å². The number of carbonyl (C=O) groups is 1. The molecule has 3 aliphatic rings. The molecule has 2 saturated heterocycles. The molecular formula is C12H19NO2. The molecule has 0 aromatic heterocycles. The van der Waals surface area contributed by atoms with Gasteiger partial charge in [-0.2, -0.15) is 0 Å². The Morgan fingerprint density at radius 2 is 1.93 bits per heavy atom. The minimum atomic E-state index is -0.269. The van der Waals surface area contributed by atoms with E-state index in [0.717, 1.165) is 25.9 Å². The Kier molecular flexibility index (Phi) is 1.91. The zero-order chi connectivity index (χ0) is 10.5. The lowest BCUT2D eigenvalue weighted by Gasteiger charge is -2.41. The third-order valence-corrected chi connectivity index (χ3v) is 4.44. The van der Waals surface area contributed by atoms with Gasteiger partial charge in [-0.1, -0.05) is 19.3 Å². The van der Waals surface area contributed by atoms with Crippen LogP contribution in [0.25, 0.3) is 0 Å². The van der Waals surface area contributed by atoms with Crippen LogP contribution in [0.2, 0.25) is 0 Å². The maximum absolute atomic E-state index is 12.0. The van der Waals surface area contributed by atoms with Crippen LogP contribution in [-0.2, 0) is 9.53 Å². The van der Waals surface area contributed by atoms with Gasteiger partial charge in [0, 0.05) is 12.8 Å². The fourth-order valence-electron chi connectivity index (χ4n) is 3.66. The van der Waals surface area contributed by atoms with Crippen LogP contribution in [0.4, 0.5) is 0 Å². The predicted octanol–water partition coefficient (Wildman–Crippen LogP) is 2.06. The summed E-state index contributed by atoms with van der Waals surface area (Å²) >= 11 is 0. The molecule has 1 amide bonds. The monoisotopic (exact) mass is 209 g/mol. The summed E-state index contributed by atoms with van der Waals surface area (Å²) < 4.78 is 5.93. The van der Waals surface area contributed by atoms with Crippen molar-refractivity contribution in [3.63, 3.8) is 0 Å². The number of fused-ring (bicyclic) bond motifs is 2. The maximum Gasteiger partial charge on any atom is 0.225 e. The Balaban J connectivity index is 1.94. The predicted molar refractivity (Wildman–Crippen MR) is 56.3 cm³/mol. The lowest BCUT2D eigenvalue weighted by molar-refractivity contribution is -0.141. The van der Waals surface area contributed by atoms with Crippen molar-refractivity contribution in [1.29, 1.82) is 0 Å². The van der Waals surface area contributed by atoms with Crippen LogP contribution in [0.1, 0.15) is 51.9 Å². The Labute approximate surface area is 90.8 Å². The highest BCUT2D eigenvalue weighted by Crippen LogP contribution is 2.49. The largest absolute Gasteiger partial charge is 0.353 e. The van der Waals surface area contributed by atoms with Gasteiger partial charge in [-0.05, 0) is 19.8 Å². The molecule has 0 aromatic carbocycles. The van der Waals surface area contributed by atoms with Crippen LogP contribution < -0.4 is 0 Å². The van der Waals surface area contributed by atoms with E-state index in [1.165, 1.54) is 19.3 Å². The molecule has 3 fully saturated rings. The molecule has 0 N–H and O–H groups in total. The van der Waals surface area contributed by atoms with Crippen LogP contribution in [0.5, 0.6) is 0 Å². The normalized spacial score (nSPS) is 38.7. The van der Waals surface area contributed by atoms with E-state index in [1.54, 1.807) is 0 Å². The molecule has 15 heavy (non-hydrogen) atoms. The molecule has 3 nitrogen and oxygen atoms in total. The molecular weight excluding hydrogens is 190 g/mol. The van der Waals surface area contributed by atoms with Crippen molar-refractivity contribution in [2.75, 3.05) is 6.61 Å². The Bertz CT molecular complexity index is 296. The summed E-state index contributed by atoms with van der Waals surface area (Å²) in [5.74, 6) is 0.317. The fourth-order valence-corrected chi connectivity index (χ4v) is 3.66. The van der Waals surface area contributed by atoms with Crippen LogP contribution in [0.15, 0.2) is 0 Å². The van der Waals surface area contributed by atoms with Gasteiger partial charge in [-0.25, -0.2) is 0 Å². The van der Waals surface area contributed by atoms with E-state index in [9.17, 15) is 4.79 Å². The molecule has 84 valence electrons. The van der Waals surface area contributed by atoms with E-state index < -0.39 is 0 Å². The number of hydrogen-bond acceptors (Lipinski definition) is 2. The van der Waals surface area contributed by atoms with Crippen molar-refractivity contribution >= 4 is 5.91 Å². The van der Waals surface area contributed by atoms with Crippen molar-refractivity contribution in [1.82, 2.24) is 4.90 Å². The first-order chi connectivity index (χ1) is 7.16. The van der Waals surface area contributed by atoms with E-state index in [0.29, 0.717) is 12.3 Å². The number of amides is 1. The second kappa shape index (κ2) is 2.97. The summed E-state index contributed by atoms with van der Waals surface area (Å²) in [4.78, 5) is 14.1. The quantitative estimate of drug-likeness (QED) is 0.611. The SMILES string of the molecule is C[C@]12CCC(=O)N1C1(CCCCC1)CO2. The van der Waals surface area contributed by atoms with Crippen LogP contribution in [-0.4, -0.2) is 28.7 Å². The fraction of sp³-hybridized carbons (Fsp3) is 0.917. The number of carbonyl (C=O) groups excluding carboxylic acids is 1. The molecule has 1 spiro atoms. The Morgan fingerprint density at radius 3 is 2.67 bits per heavy atom. The van der Waals surface area contributed by atoms with Gasteiger partial charge in [0.2, 0.25) is 5.91 Å². The molecule has 1 saturated carbocycles. The van der Waals surface area contributed by atoms with Crippen molar-refractivity contribution < 1.29 is 9.53 Å². The van der Waals surface area contributed by atoms with E-state index in [4.69, 9.17) is 4.74 Å². The first-order valence-corrected chi connectivity index (χ1v) is 6.14. The van der Waals surface area contributed by atoms with E-state index in [-0.39, 0.29) is 11.3 Å². The lowest BCUT2D eigenvalue weighted by Crippen LogP contribution is -2.53. The first-order valence-electron chi connectivity index (χ1n) is 6.14. The van der Waals surface area contributed by atoms with Gasteiger partial charge < -0.3 is 9.64 Å². The molecule has 2 aliphatic heterocycles. The average Bonchev–Trinajstić information content (AvgIpc) is 2.68. The van der Waals surface area contributed by atoms with Gasteiger partial charge in [0.1, 0.15) is 5.72 Å². The van der Waals surface area contributed by atoms with Gasteiger partial charge in [0.05, 0.1) is 12.1 Å². The topological polar surface area (TPSA) is 29.5 Å². The van der Waals surface area contributed by atoms with Gasteiger partial charge >= 0.3 is 0 Å². The van der Waals surface area contributed by atoms with Crippen molar-refractivity contribution in [2.45, 2.75) is 63.1 Å². The summed E-state index contributed by atoms with van der Waals surface area (Å²) in [6.07, 6.45) is 7.68. The standard InChI is InChI=1S/C12H19NO2/c1-11-8-5-10(14)13(11)12(9-15-11)6-3-2-4-7-12/h2-9H2,1H3/t11-/m0/s1. The molecule has 0 radical (unpaired) electrons. The molecule has 3 rings (SSSR count). The third kappa shape index (κ3) is 1.19. The van der Waals surface area contributed by atoms with Gasteiger partial charge in [0.15, 0.2) is 0 Å². The minimum absolute atomic E-state index is 0.0700. The second-order valence-electron chi connectivity index (χ2n) is 5.48. The van der Waals surface area contributed by atoms with Crippen LogP contribution >= 0.6 is 0 Å². The highest BCUT2D eigenvalue weighted by molar-refractivity contribution is 5.80. The molecule has 1 atom stereocenters. The van der Waals surface area contributed by atoms with E-state index >= 15 is 0 Å². The summed E-state index contributed by atoms with van der Waals surface area (Å²) in [6.45, 7) is 2.86. The number of nitrogens with zero attached hydrogens (tertiary/aromatic N) is 1. The summed E-state index contributed by atoms with van der Waals surface area (Å²) in [5.41, 5.74) is -0.199. The van der Waals surface area contributed by atoms with Gasteiger partial charge in [-0.15, -0.1) is 0 Å². The Hall–Kier alpha value is -0.570. The number of hydrogen-bond donors (Lipinski definition) is 0. The maximum atomic E-state index is 12.0. The first kappa shape index (κ1) is 9.64. The van der Waals surface area contributed by atoms with Crippen molar-refractivity contribution in [3.8, 4) is 0 Å². The molecule has 1 aliphatic carbocycles. The average molecular weight is 209 g/mol. The number of ether oxygens (including phenoxy) is 1. The number of rotatable bonds is 0. The van der Waals surface area contributed by atoms with E-state index in [2.05, 4.69) is 11.8 Å². The summed E-state index contributed by atoms with van der Waals surface area (Å²) in [6, 6.07) is 0. The lowest BCUT2D eigenvalue weighted by atomic mass is 9.81. The van der Waals surface area contributed by atoms with Gasteiger partial charge in [-0.3, -0.25) is 4.79 Å². The smallest absolute Gasteiger partial charge is 0.225 e. The molecule has 2 heterocycles. The van der Waals surface area contributed by atoms with Crippen molar-refractivity contribution in [2.24, 2.45) is 0 Å². The minimum Gasteiger partial charge on any atom is -0.353 e. The highest BCUT2D eigenvalue weighted by atomic mass is 16.5. The van der Waals surface area contributed by atoms with E-state index in [1.807, 2.05) is 0 Å². The molecule has 0 bridgehead atoms. The zero-order valence-electron chi connectivity index (χ0n) is 9.42. The highest BCUT2D eigenvalue weighted by Gasteiger charge is 2.58. The molecule has 0 aromatic rings. The summed E-state index contributed by atoms with van der Waals surface area (Å²) in [7, 11) is 0.